The van der Waals surface area contributed by atoms with Crippen molar-refractivity contribution in [3.63, 3.8) is 0 Å². The minimum Gasteiger partial charge on any atom is -0.368 e. The van der Waals surface area contributed by atoms with Crippen LogP contribution >= 0.6 is 0 Å². The maximum absolute atomic E-state index is 5.92. The summed E-state index contributed by atoms with van der Waals surface area (Å²) in [4.78, 5) is 5.76. The van der Waals surface area contributed by atoms with E-state index in [-0.39, 0.29) is 0 Å². The van der Waals surface area contributed by atoms with Gasteiger partial charge in [-0.25, -0.2) is 0 Å². The number of benzene rings is 1. The van der Waals surface area contributed by atoms with Crippen LogP contribution in [0.15, 0.2) is 24.3 Å². The van der Waals surface area contributed by atoms with E-state index in [1.54, 1.807) is 0 Å². The largest absolute Gasteiger partial charge is 0.368 e. The standard InChI is InChI=1S/C15H23N3/c1-10(2)14(9-16)18(4)15-11(3)17-13-8-6-5-7-12(13)15/h5-8,10,14,17H,9,16H2,1-4H3. The van der Waals surface area contributed by atoms with Gasteiger partial charge in [0.15, 0.2) is 0 Å². The van der Waals surface area contributed by atoms with Crippen molar-refractivity contribution in [3.8, 4) is 0 Å². The lowest BCUT2D eigenvalue weighted by Crippen LogP contribution is -2.42. The van der Waals surface area contributed by atoms with Crippen LogP contribution in [0.5, 0.6) is 0 Å². The quantitative estimate of drug-likeness (QED) is 0.870. The molecule has 1 atom stereocenters. The third-order valence-electron chi connectivity index (χ3n) is 3.72. The molecule has 0 spiro atoms. The number of likely N-dealkylation sites (N-methyl/N-ethyl adjacent to an activating group) is 1. The van der Waals surface area contributed by atoms with Crippen LogP contribution < -0.4 is 10.6 Å². The molecule has 18 heavy (non-hydrogen) atoms. The number of aromatic nitrogens is 1. The van der Waals surface area contributed by atoms with Gasteiger partial charge in [0.05, 0.1) is 5.69 Å². The Morgan fingerprint density at radius 3 is 2.56 bits per heavy atom. The molecule has 1 aromatic heterocycles. The Morgan fingerprint density at radius 2 is 1.94 bits per heavy atom. The molecule has 0 aliphatic heterocycles. The van der Waals surface area contributed by atoms with E-state index in [1.165, 1.54) is 22.3 Å². The number of nitrogens with two attached hydrogens (primary N) is 1. The van der Waals surface area contributed by atoms with Crippen LogP contribution in [0, 0.1) is 12.8 Å². The normalized spacial score (nSPS) is 13.2. The molecule has 0 aliphatic carbocycles. The molecule has 0 saturated heterocycles. The summed E-state index contributed by atoms with van der Waals surface area (Å²) in [6.07, 6.45) is 0. The second-order valence-corrected chi connectivity index (χ2v) is 5.30. The average molecular weight is 245 g/mol. The summed E-state index contributed by atoms with van der Waals surface area (Å²) in [6.45, 7) is 7.24. The Labute approximate surface area is 109 Å². The van der Waals surface area contributed by atoms with Crippen molar-refractivity contribution in [2.75, 3.05) is 18.5 Å². The number of nitrogens with one attached hydrogen (secondary N) is 1. The Balaban J connectivity index is 2.49. The molecule has 1 heterocycles. The van der Waals surface area contributed by atoms with Crippen LogP contribution in [-0.2, 0) is 0 Å². The van der Waals surface area contributed by atoms with Crippen molar-refractivity contribution in [1.82, 2.24) is 4.98 Å². The molecule has 3 N–H and O–H groups in total. The molecule has 3 heteroatoms. The van der Waals surface area contributed by atoms with Crippen LogP contribution in [0.3, 0.4) is 0 Å². The number of aryl methyl sites for hydroxylation is 1. The molecule has 3 nitrogen and oxygen atoms in total. The number of anilines is 1. The first kappa shape index (κ1) is 13.0. The van der Waals surface area contributed by atoms with Crippen LogP contribution in [0.25, 0.3) is 10.9 Å². The van der Waals surface area contributed by atoms with E-state index in [2.05, 4.69) is 62.0 Å². The van der Waals surface area contributed by atoms with Gasteiger partial charge in [-0.3, -0.25) is 0 Å². The Bertz CT molecular complexity index is 528. The Hall–Kier alpha value is -1.48. The van der Waals surface area contributed by atoms with Gasteiger partial charge in [0.25, 0.3) is 0 Å². The highest BCUT2D eigenvalue weighted by atomic mass is 15.2. The lowest BCUT2D eigenvalue weighted by Gasteiger charge is -2.32. The number of H-pyrrole nitrogens is 1. The van der Waals surface area contributed by atoms with Crippen molar-refractivity contribution in [2.24, 2.45) is 11.7 Å². The minimum atomic E-state index is 0.364. The third-order valence-corrected chi connectivity index (χ3v) is 3.72. The summed E-state index contributed by atoms with van der Waals surface area (Å²) in [5.41, 5.74) is 9.59. The molecule has 1 unspecified atom stereocenters. The van der Waals surface area contributed by atoms with E-state index < -0.39 is 0 Å². The molecule has 0 fully saturated rings. The van der Waals surface area contributed by atoms with E-state index in [0.717, 1.165) is 0 Å². The van der Waals surface area contributed by atoms with Crippen molar-refractivity contribution < 1.29 is 0 Å². The number of aromatic amines is 1. The highest BCUT2D eigenvalue weighted by Gasteiger charge is 2.21. The first-order valence-corrected chi connectivity index (χ1v) is 6.56. The summed E-state index contributed by atoms with van der Waals surface area (Å²) < 4.78 is 0. The zero-order valence-electron chi connectivity index (χ0n) is 11.7. The maximum Gasteiger partial charge on any atom is 0.0654 e. The Kier molecular flexibility index (Phi) is 3.62. The second-order valence-electron chi connectivity index (χ2n) is 5.30. The summed E-state index contributed by atoms with van der Waals surface area (Å²) in [6, 6.07) is 8.79. The van der Waals surface area contributed by atoms with Gasteiger partial charge in [0.1, 0.15) is 0 Å². The van der Waals surface area contributed by atoms with E-state index in [1.807, 2.05) is 0 Å². The zero-order chi connectivity index (χ0) is 13.3. The first-order valence-electron chi connectivity index (χ1n) is 6.56. The lowest BCUT2D eigenvalue weighted by molar-refractivity contribution is 0.480. The van der Waals surface area contributed by atoms with Gasteiger partial charge in [-0.15, -0.1) is 0 Å². The van der Waals surface area contributed by atoms with Crippen molar-refractivity contribution in [3.05, 3.63) is 30.0 Å². The smallest absolute Gasteiger partial charge is 0.0654 e. The number of nitrogens with zero attached hydrogens (tertiary/aromatic N) is 1. The molecule has 0 amide bonds. The third kappa shape index (κ3) is 2.10. The molecule has 1 aromatic carbocycles. The molecule has 0 bridgehead atoms. The van der Waals surface area contributed by atoms with Crippen molar-refractivity contribution >= 4 is 16.6 Å². The lowest BCUT2D eigenvalue weighted by atomic mass is 10.0. The topological polar surface area (TPSA) is 45.0 Å². The minimum absolute atomic E-state index is 0.364. The van der Waals surface area contributed by atoms with Gasteiger partial charge in [0.2, 0.25) is 0 Å². The van der Waals surface area contributed by atoms with Gasteiger partial charge in [-0.05, 0) is 18.9 Å². The highest BCUT2D eigenvalue weighted by molar-refractivity contribution is 5.94. The van der Waals surface area contributed by atoms with Crippen LogP contribution in [-0.4, -0.2) is 24.6 Å². The van der Waals surface area contributed by atoms with Gasteiger partial charge in [0, 0.05) is 36.2 Å². The van der Waals surface area contributed by atoms with Crippen molar-refractivity contribution in [1.29, 1.82) is 0 Å². The summed E-state index contributed by atoms with van der Waals surface area (Å²) >= 11 is 0. The Morgan fingerprint density at radius 1 is 1.28 bits per heavy atom. The van der Waals surface area contributed by atoms with E-state index >= 15 is 0 Å². The SMILES string of the molecule is Cc1[nH]c2ccccc2c1N(C)C(CN)C(C)C. The molecule has 0 aliphatic rings. The van der Waals surface area contributed by atoms with Crippen molar-refractivity contribution in [2.45, 2.75) is 26.8 Å². The van der Waals surface area contributed by atoms with E-state index in [4.69, 9.17) is 5.73 Å². The number of hydrogen-bond donors (Lipinski definition) is 2. The van der Waals surface area contributed by atoms with Gasteiger partial charge in [-0.1, -0.05) is 32.0 Å². The first-order chi connectivity index (χ1) is 8.56. The summed E-state index contributed by atoms with van der Waals surface area (Å²) in [7, 11) is 2.14. The molecule has 0 saturated carbocycles. The van der Waals surface area contributed by atoms with Crippen LogP contribution in [0.2, 0.25) is 0 Å². The average Bonchev–Trinajstić information content (AvgIpc) is 2.64. The molecule has 98 valence electrons. The molecule has 2 rings (SSSR count). The van der Waals surface area contributed by atoms with Gasteiger partial charge in [-0.2, -0.15) is 0 Å². The predicted molar refractivity (Wildman–Crippen MR) is 79.1 cm³/mol. The molecule has 2 aromatic rings. The van der Waals surface area contributed by atoms with Crippen LogP contribution in [0.1, 0.15) is 19.5 Å². The predicted octanol–water partition coefficient (Wildman–Crippen LogP) is 2.90. The van der Waals surface area contributed by atoms with Gasteiger partial charge >= 0.3 is 0 Å². The zero-order valence-corrected chi connectivity index (χ0v) is 11.7. The van der Waals surface area contributed by atoms with E-state index in [9.17, 15) is 0 Å². The number of para-hydroxylation sites is 1. The second kappa shape index (κ2) is 5.02. The molecular formula is C15H23N3. The van der Waals surface area contributed by atoms with E-state index in [0.29, 0.717) is 18.5 Å². The summed E-state index contributed by atoms with van der Waals surface area (Å²) in [5.74, 6) is 0.535. The summed E-state index contributed by atoms with van der Waals surface area (Å²) in [5, 5.41) is 1.27. The number of hydrogen-bond acceptors (Lipinski definition) is 2. The van der Waals surface area contributed by atoms with Gasteiger partial charge < -0.3 is 15.6 Å². The molecular weight excluding hydrogens is 222 g/mol. The fourth-order valence-electron chi connectivity index (χ4n) is 2.76. The molecule has 0 radical (unpaired) electrons. The number of fused-ring (bicyclic) bond motifs is 1. The maximum atomic E-state index is 5.92. The number of rotatable bonds is 4. The van der Waals surface area contributed by atoms with Crippen LogP contribution in [0.4, 0.5) is 5.69 Å². The highest BCUT2D eigenvalue weighted by Crippen LogP contribution is 2.31. The fourth-order valence-corrected chi connectivity index (χ4v) is 2.76. The monoisotopic (exact) mass is 245 g/mol. The fraction of sp³-hybridized carbons (Fsp3) is 0.467.